The van der Waals surface area contributed by atoms with E-state index in [1.54, 1.807) is 25.2 Å². The fourth-order valence-corrected chi connectivity index (χ4v) is 2.90. The van der Waals surface area contributed by atoms with E-state index in [-0.39, 0.29) is 16.9 Å². The zero-order chi connectivity index (χ0) is 14.7. The van der Waals surface area contributed by atoms with Gasteiger partial charge in [0, 0.05) is 10.5 Å². The first-order valence-electron chi connectivity index (χ1n) is 6.08. The van der Waals surface area contributed by atoms with Crippen LogP contribution in [0.2, 0.25) is 5.02 Å². The third-order valence-electron chi connectivity index (χ3n) is 3.14. The molecule has 0 amide bonds. The lowest BCUT2D eigenvalue weighted by atomic mass is 9.98. The number of benzene rings is 2. The van der Waals surface area contributed by atoms with E-state index in [0.717, 1.165) is 5.56 Å². The molecule has 106 valence electrons. The van der Waals surface area contributed by atoms with E-state index in [4.69, 9.17) is 11.6 Å². The minimum absolute atomic E-state index is 0.107. The monoisotopic (exact) mass is 359 g/mol. The Hall–Kier alpha value is -0.970. The van der Waals surface area contributed by atoms with E-state index in [2.05, 4.69) is 21.2 Å². The molecule has 2 aromatic carbocycles. The van der Waals surface area contributed by atoms with Crippen molar-refractivity contribution >= 4 is 27.5 Å². The zero-order valence-electron chi connectivity index (χ0n) is 10.8. The molecule has 0 aliphatic heterocycles. The third kappa shape index (κ3) is 3.37. The molecule has 0 radical (unpaired) electrons. The number of hydrogen-bond acceptors (Lipinski definition) is 1. The Bertz CT molecular complexity index is 619. The van der Waals surface area contributed by atoms with Crippen molar-refractivity contribution in [2.45, 2.75) is 12.5 Å². The van der Waals surface area contributed by atoms with Gasteiger partial charge in [-0.25, -0.2) is 8.78 Å². The summed E-state index contributed by atoms with van der Waals surface area (Å²) in [6.07, 6.45) is 0.424. The van der Waals surface area contributed by atoms with Gasteiger partial charge in [-0.05, 0) is 42.8 Å². The van der Waals surface area contributed by atoms with Crippen LogP contribution in [0, 0.1) is 11.6 Å². The number of halogens is 4. The summed E-state index contributed by atoms with van der Waals surface area (Å²) in [7, 11) is 1.78. The molecule has 0 aromatic heterocycles. The van der Waals surface area contributed by atoms with E-state index in [1.165, 1.54) is 18.2 Å². The van der Waals surface area contributed by atoms with Crippen molar-refractivity contribution in [2.75, 3.05) is 7.05 Å². The summed E-state index contributed by atoms with van der Waals surface area (Å²) in [6, 6.07) is 9.26. The first-order valence-corrected chi connectivity index (χ1v) is 7.25. The smallest absolute Gasteiger partial charge is 0.145 e. The van der Waals surface area contributed by atoms with Gasteiger partial charge in [-0.2, -0.15) is 0 Å². The van der Waals surface area contributed by atoms with Gasteiger partial charge in [-0.15, -0.1) is 0 Å². The third-order valence-corrected chi connectivity index (χ3v) is 4.12. The standard InChI is InChI=1S/C15H13BrClF2N/c1-20-14(11-6-5-10(18)8-12(11)16)7-9-3-2-4-13(17)15(9)19/h2-6,8,14,20H,7H2,1H3. The van der Waals surface area contributed by atoms with Crippen LogP contribution in [0.1, 0.15) is 17.2 Å². The van der Waals surface area contributed by atoms with Gasteiger partial charge in [0.15, 0.2) is 0 Å². The second kappa shape index (κ2) is 6.66. The molecule has 1 N–H and O–H groups in total. The van der Waals surface area contributed by atoms with Crippen LogP contribution in [0.25, 0.3) is 0 Å². The van der Waals surface area contributed by atoms with Crippen molar-refractivity contribution < 1.29 is 8.78 Å². The molecular formula is C15H13BrClF2N. The van der Waals surface area contributed by atoms with Crippen molar-refractivity contribution in [2.24, 2.45) is 0 Å². The van der Waals surface area contributed by atoms with Gasteiger partial charge in [0.2, 0.25) is 0 Å². The van der Waals surface area contributed by atoms with Crippen LogP contribution >= 0.6 is 27.5 Å². The summed E-state index contributed by atoms with van der Waals surface area (Å²) in [6.45, 7) is 0. The van der Waals surface area contributed by atoms with Gasteiger partial charge in [0.25, 0.3) is 0 Å². The Morgan fingerprint density at radius 2 is 2.00 bits per heavy atom. The summed E-state index contributed by atoms with van der Waals surface area (Å²) in [5.41, 5.74) is 1.39. The summed E-state index contributed by atoms with van der Waals surface area (Å²) in [5, 5.41) is 3.22. The first kappa shape index (κ1) is 15.4. The second-order valence-corrected chi connectivity index (χ2v) is 5.69. The van der Waals surface area contributed by atoms with Gasteiger partial charge < -0.3 is 5.32 Å². The number of rotatable bonds is 4. The lowest BCUT2D eigenvalue weighted by Gasteiger charge is -2.19. The molecule has 0 aliphatic carbocycles. The van der Waals surface area contributed by atoms with Gasteiger partial charge in [-0.1, -0.05) is 45.7 Å². The molecule has 1 unspecified atom stereocenters. The highest BCUT2D eigenvalue weighted by molar-refractivity contribution is 9.10. The molecule has 0 fully saturated rings. The van der Waals surface area contributed by atoms with E-state index in [1.807, 2.05) is 0 Å². The SMILES string of the molecule is CNC(Cc1cccc(Cl)c1F)c1ccc(F)cc1Br. The summed E-state index contributed by atoms with van der Waals surface area (Å²) >= 11 is 9.12. The van der Waals surface area contributed by atoms with E-state index in [0.29, 0.717) is 16.5 Å². The molecule has 0 saturated carbocycles. The molecule has 20 heavy (non-hydrogen) atoms. The Kier molecular flexibility index (Phi) is 5.13. The predicted octanol–water partition coefficient (Wildman–Crippen LogP) is 4.88. The predicted molar refractivity (Wildman–Crippen MR) is 81.0 cm³/mol. The van der Waals surface area contributed by atoms with Gasteiger partial charge >= 0.3 is 0 Å². The largest absolute Gasteiger partial charge is 0.313 e. The topological polar surface area (TPSA) is 12.0 Å². The Labute approximate surface area is 130 Å². The highest BCUT2D eigenvalue weighted by Gasteiger charge is 2.16. The van der Waals surface area contributed by atoms with Crippen LogP contribution in [0.4, 0.5) is 8.78 Å². The molecule has 2 aromatic rings. The highest BCUT2D eigenvalue weighted by Crippen LogP contribution is 2.28. The van der Waals surface area contributed by atoms with Crippen molar-refractivity contribution in [3.63, 3.8) is 0 Å². The van der Waals surface area contributed by atoms with Crippen LogP contribution in [0.3, 0.4) is 0 Å². The van der Waals surface area contributed by atoms with E-state index < -0.39 is 5.82 Å². The lowest BCUT2D eigenvalue weighted by molar-refractivity contribution is 0.551. The number of hydrogen-bond donors (Lipinski definition) is 1. The minimum atomic E-state index is -0.410. The summed E-state index contributed by atoms with van der Waals surface area (Å²) in [4.78, 5) is 0. The van der Waals surface area contributed by atoms with Crippen molar-refractivity contribution in [1.29, 1.82) is 0 Å². The Balaban J connectivity index is 2.31. The average molecular weight is 361 g/mol. The zero-order valence-corrected chi connectivity index (χ0v) is 13.1. The lowest BCUT2D eigenvalue weighted by Crippen LogP contribution is -2.20. The molecule has 0 heterocycles. The second-order valence-electron chi connectivity index (χ2n) is 4.42. The van der Waals surface area contributed by atoms with Crippen LogP contribution in [0.15, 0.2) is 40.9 Å². The van der Waals surface area contributed by atoms with E-state index >= 15 is 0 Å². The summed E-state index contributed by atoms with van der Waals surface area (Å²) in [5.74, 6) is -0.725. The molecule has 0 spiro atoms. The Morgan fingerprint density at radius 1 is 1.25 bits per heavy atom. The molecule has 1 nitrogen and oxygen atoms in total. The molecule has 0 bridgehead atoms. The van der Waals surface area contributed by atoms with Crippen LogP contribution in [-0.4, -0.2) is 7.05 Å². The maximum Gasteiger partial charge on any atom is 0.145 e. The molecular weight excluding hydrogens is 348 g/mol. The van der Waals surface area contributed by atoms with E-state index in [9.17, 15) is 8.78 Å². The van der Waals surface area contributed by atoms with Crippen molar-refractivity contribution in [3.8, 4) is 0 Å². The van der Waals surface area contributed by atoms with Crippen molar-refractivity contribution in [3.05, 3.63) is 68.7 Å². The normalized spacial score (nSPS) is 12.4. The van der Waals surface area contributed by atoms with Crippen LogP contribution in [-0.2, 0) is 6.42 Å². The first-order chi connectivity index (χ1) is 9.52. The van der Waals surface area contributed by atoms with Gasteiger partial charge in [-0.3, -0.25) is 0 Å². The van der Waals surface area contributed by atoms with Gasteiger partial charge in [0.1, 0.15) is 11.6 Å². The maximum atomic E-state index is 13.9. The summed E-state index contributed by atoms with van der Waals surface area (Å²) < 4.78 is 27.7. The molecule has 2 rings (SSSR count). The fourth-order valence-electron chi connectivity index (χ4n) is 2.08. The van der Waals surface area contributed by atoms with Gasteiger partial charge in [0.05, 0.1) is 5.02 Å². The molecule has 0 aliphatic rings. The maximum absolute atomic E-state index is 13.9. The van der Waals surface area contributed by atoms with Crippen molar-refractivity contribution in [1.82, 2.24) is 5.32 Å². The highest BCUT2D eigenvalue weighted by atomic mass is 79.9. The molecule has 5 heteroatoms. The number of nitrogens with one attached hydrogen (secondary N) is 1. The quantitative estimate of drug-likeness (QED) is 0.819. The number of likely N-dealkylation sites (N-methyl/N-ethyl adjacent to an activating group) is 1. The van der Waals surface area contributed by atoms with Crippen LogP contribution < -0.4 is 5.32 Å². The molecule has 0 saturated heterocycles. The van der Waals surface area contributed by atoms with Crippen LogP contribution in [0.5, 0.6) is 0 Å². The Morgan fingerprint density at radius 3 is 2.65 bits per heavy atom. The fraction of sp³-hybridized carbons (Fsp3) is 0.200. The molecule has 1 atom stereocenters. The minimum Gasteiger partial charge on any atom is -0.313 e. The average Bonchev–Trinajstić information content (AvgIpc) is 2.41.